The van der Waals surface area contributed by atoms with Gasteiger partial charge in [0.1, 0.15) is 17.9 Å². The minimum absolute atomic E-state index is 0.0182. The van der Waals surface area contributed by atoms with E-state index in [1.165, 1.54) is 13.0 Å². The molecule has 0 saturated heterocycles. The first-order valence-corrected chi connectivity index (χ1v) is 10.0. The van der Waals surface area contributed by atoms with Gasteiger partial charge in [-0.15, -0.1) is 0 Å². The summed E-state index contributed by atoms with van der Waals surface area (Å²) in [5.74, 6) is -0.800. The number of amides is 1. The number of carbonyl (C=O) groups is 2. The van der Waals surface area contributed by atoms with E-state index in [0.29, 0.717) is 11.1 Å². The van der Waals surface area contributed by atoms with Crippen molar-refractivity contribution in [3.63, 3.8) is 0 Å². The van der Waals surface area contributed by atoms with Crippen LogP contribution in [0.5, 0.6) is 0 Å². The minimum Gasteiger partial charge on any atom is -0.456 e. The summed E-state index contributed by atoms with van der Waals surface area (Å²) in [7, 11) is 0. The third-order valence-electron chi connectivity index (χ3n) is 4.84. The van der Waals surface area contributed by atoms with E-state index in [1.54, 1.807) is 18.2 Å². The predicted molar refractivity (Wildman–Crippen MR) is 119 cm³/mol. The molecule has 0 radical (unpaired) electrons. The monoisotopic (exact) mass is 419 g/mol. The Morgan fingerprint density at radius 2 is 1.84 bits per heavy atom. The van der Waals surface area contributed by atoms with Crippen molar-refractivity contribution in [1.82, 2.24) is 5.32 Å². The predicted octanol–water partition coefficient (Wildman–Crippen LogP) is 4.45. The topological polar surface area (TPSA) is 85.6 Å². The Morgan fingerprint density at radius 1 is 1.13 bits per heavy atom. The Hall–Kier alpha value is -3.67. The molecule has 31 heavy (non-hydrogen) atoms. The van der Waals surface area contributed by atoms with E-state index in [-0.39, 0.29) is 24.1 Å². The van der Waals surface area contributed by atoms with Gasteiger partial charge < -0.3 is 14.5 Å². The standard InChI is InChI=1S/C25H25NO5/c1-15(2)20-13-21-19(12-24(28)31-23(21)10-16(20)3)14-30-25(29)22(26-17(4)27)11-18-8-6-5-7-9-18/h5-13,15H,14H2,1-4H3,(H,26,27)/b22-11-. The maximum absolute atomic E-state index is 12.7. The third-order valence-corrected chi connectivity index (χ3v) is 4.84. The van der Waals surface area contributed by atoms with Gasteiger partial charge in [0.15, 0.2) is 0 Å². The molecule has 1 heterocycles. The number of fused-ring (bicyclic) bond motifs is 1. The van der Waals surface area contributed by atoms with Gasteiger partial charge in [0.25, 0.3) is 0 Å². The number of esters is 1. The molecule has 0 unspecified atom stereocenters. The Kier molecular flexibility index (Phi) is 6.70. The zero-order valence-electron chi connectivity index (χ0n) is 18.0. The van der Waals surface area contributed by atoms with E-state index in [0.717, 1.165) is 22.1 Å². The van der Waals surface area contributed by atoms with Crippen molar-refractivity contribution in [3.05, 3.63) is 86.9 Å². The second-order valence-electron chi connectivity index (χ2n) is 7.68. The van der Waals surface area contributed by atoms with Gasteiger partial charge in [-0.25, -0.2) is 9.59 Å². The summed E-state index contributed by atoms with van der Waals surface area (Å²) in [6.45, 7) is 7.32. The highest BCUT2D eigenvalue weighted by Gasteiger charge is 2.16. The van der Waals surface area contributed by atoms with Gasteiger partial charge >= 0.3 is 11.6 Å². The molecule has 1 aromatic heterocycles. The lowest BCUT2D eigenvalue weighted by molar-refractivity contribution is -0.141. The third kappa shape index (κ3) is 5.48. The molecular formula is C25H25NO5. The van der Waals surface area contributed by atoms with Crippen LogP contribution in [0.15, 0.2) is 63.4 Å². The molecule has 0 fully saturated rings. The lowest BCUT2D eigenvalue weighted by atomic mass is 9.95. The Balaban J connectivity index is 1.92. The highest BCUT2D eigenvalue weighted by atomic mass is 16.5. The van der Waals surface area contributed by atoms with Gasteiger partial charge in [-0.1, -0.05) is 44.2 Å². The number of ether oxygens (including phenoxy) is 1. The van der Waals surface area contributed by atoms with Crippen molar-refractivity contribution in [2.24, 2.45) is 0 Å². The molecule has 0 spiro atoms. The lowest BCUT2D eigenvalue weighted by Gasteiger charge is -2.14. The normalized spacial score (nSPS) is 11.6. The molecule has 0 bridgehead atoms. The van der Waals surface area contributed by atoms with Crippen LogP contribution in [0.3, 0.4) is 0 Å². The Bertz CT molecular complexity index is 1210. The lowest BCUT2D eigenvalue weighted by Crippen LogP contribution is -2.26. The van der Waals surface area contributed by atoms with Crippen molar-refractivity contribution in [3.8, 4) is 0 Å². The van der Waals surface area contributed by atoms with Crippen molar-refractivity contribution >= 4 is 28.9 Å². The first-order valence-electron chi connectivity index (χ1n) is 10.0. The Morgan fingerprint density at radius 3 is 2.48 bits per heavy atom. The van der Waals surface area contributed by atoms with Crippen molar-refractivity contribution < 1.29 is 18.7 Å². The van der Waals surface area contributed by atoms with Crippen LogP contribution in [0.25, 0.3) is 17.0 Å². The number of rotatable bonds is 6. The van der Waals surface area contributed by atoms with E-state index >= 15 is 0 Å². The second kappa shape index (κ2) is 9.43. The number of nitrogens with one attached hydrogen (secondary N) is 1. The summed E-state index contributed by atoms with van der Waals surface area (Å²) >= 11 is 0. The van der Waals surface area contributed by atoms with Crippen LogP contribution >= 0.6 is 0 Å². The molecule has 0 saturated carbocycles. The van der Waals surface area contributed by atoms with Crippen LogP contribution in [-0.2, 0) is 20.9 Å². The molecule has 0 aliphatic rings. The Labute approximate surface area is 180 Å². The fourth-order valence-electron chi connectivity index (χ4n) is 3.41. The number of carbonyl (C=O) groups excluding carboxylic acids is 2. The molecule has 0 aliphatic carbocycles. The van der Waals surface area contributed by atoms with E-state index in [4.69, 9.17) is 9.15 Å². The first kappa shape index (κ1) is 22.0. The molecule has 160 valence electrons. The number of hydrogen-bond donors (Lipinski definition) is 1. The second-order valence-corrected chi connectivity index (χ2v) is 7.68. The first-order chi connectivity index (χ1) is 14.7. The van der Waals surface area contributed by atoms with Crippen LogP contribution in [0.1, 0.15) is 48.9 Å². The van der Waals surface area contributed by atoms with Crippen molar-refractivity contribution in [2.45, 2.75) is 40.2 Å². The van der Waals surface area contributed by atoms with Crippen LogP contribution < -0.4 is 10.9 Å². The molecule has 0 atom stereocenters. The highest BCUT2D eigenvalue weighted by molar-refractivity contribution is 5.97. The van der Waals surface area contributed by atoms with E-state index in [9.17, 15) is 14.4 Å². The molecule has 1 N–H and O–H groups in total. The minimum atomic E-state index is -0.698. The van der Waals surface area contributed by atoms with Crippen molar-refractivity contribution in [1.29, 1.82) is 0 Å². The summed E-state index contributed by atoms with van der Waals surface area (Å²) in [4.78, 5) is 36.3. The summed E-state index contributed by atoms with van der Waals surface area (Å²) < 4.78 is 10.8. The number of aryl methyl sites for hydroxylation is 1. The van der Waals surface area contributed by atoms with Gasteiger partial charge in [0.2, 0.25) is 5.91 Å². The summed E-state index contributed by atoms with van der Waals surface area (Å²) in [5.41, 5.74) is 3.38. The molecule has 1 amide bonds. The van der Waals surface area contributed by atoms with E-state index in [1.807, 2.05) is 37.3 Å². The zero-order chi connectivity index (χ0) is 22.5. The number of benzene rings is 2. The van der Waals surface area contributed by atoms with Crippen LogP contribution in [0, 0.1) is 6.92 Å². The smallest absolute Gasteiger partial charge is 0.355 e. The summed E-state index contributed by atoms with van der Waals surface area (Å²) in [5, 5.41) is 3.23. The molecule has 0 aliphatic heterocycles. The van der Waals surface area contributed by atoms with E-state index < -0.39 is 11.6 Å². The van der Waals surface area contributed by atoms with Crippen LogP contribution in [0.2, 0.25) is 0 Å². The fraction of sp³-hybridized carbons (Fsp3) is 0.240. The molecular weight excluding hydrogens is 394 g/mol. The number of hydrogen-bond acceptors (Lipinski definition) is 5. The highest BCUT2D eigenvalue weighted by Crippen LogP contribution is 2.27. The van der Waals surface area contributed by atoms with Crippen LogP contribution in [0.4, 0.5) is 0 Å². The van der Waals surface area contributed by atoms with Gasteiger partial charge in [-0.2, -0.15) is 0 Å². The SMILES string of the molecule is CC(=O)N/C(=C\c1ccccc1)C(=O)OCc1cc(=O)oc2cc(C)c(C(C)C)cc12. The van der Waals surface area contributed by atoms with E-state index in [2.05, 4.69) is 19.2 Å². The van der Waals surface area contributed by atoms with Gasteiger partial charge in [0, 0.05) is 23.9 Å². The molecule has 6 heteroatoms. The molecule has 3 aromatic rings. The van der Waals surface area contributed by atoms with Gasteiger partial charge in [-0.3, -0.25) is 4.79 Å². The zero-order valence-corrected chi connectivity index (χ0v) is 18.0. The van der Waals surface area contributed by atoms with Crippen molar-refractivity contribution in [2.75, 3.05) is 0 Å². The van der Waals surface area contributed by atoms with Gasteiger partial charge in [-0.05, 0) is 47.7 Å². The maximum Gasteiger partial charge on any atom is 0.355 e. The fourth-order valence-corrected chi connectivity index (χ4v) is 3.41. The largest absolute Gasteiger partial charge is 0.456 e. The van der Waals surface area contributed by atoms with Gasteiger partial charge in [0.05, 0.1) is 0 Å². The molecule has 3 rings (SSSR count). The molecule has 2 aromatic carbocycles. The average Bonchev–Trinajstić information content (AvgIpc) is 2.70. The summed E-state index contributed by atoms with van der Waals surface area (Å²) in [6, 6.07) is 14.2. The molecule has 6 nitrogen and oxygen atoms in total. The summed E-state index contributed by atoms with van der Waals surface area (Å²) in [6.07, 6.45) is 1.54. The maximum atomic E-state index is 12.7. The van der Waals surface area contributed by atoms with Crippen LogP contribution in [-0.4, -0.2) is 11.9 Å². The average molecular weight is 419 g/mol. The quantitative estimate of drug-likeness (QED) is 0.363.